The molecule has 72 valence electrons. The zero-order valence-electron chi connectivity index (χ0n) is 7.71. The van der Waals surface area contributed by atoms with Crippen molar-refractivity contribution < 1.29 is 13.9 Å². The van der Waals surface area contributed by atoms with Gasteiger partial charge in [-0.1, -0.05) is 12.1 Å². The van der Waals surface area contributed by atoms with E-state index in [1.807, 2.05) is 0 Å². The summed E-state index contributed by atoms with van der Waals surface area (Å²) < 4.78 is 17.8. The summed E-state index contributed by atoms with van der Waals surface area (Å²) in [5, 5.41) is 0. The molecule has 0 aliphatic heterocycles. The minimum Gasteiger partial charge on any atom is -0.466 e. The molecule has 1 aliphatic rings. The molecule has 0 saturated heterocycles. The van der Waals surface area contributed by atoms with Crippen molar-refractivity contribution in [3.05, 3.63) is 40.7 Å². The number of rotatable bonds is 1. The van der Waals surface area contributed by atoms with Gasteiger partial charge >= 0.3 is 5.97 Å². The molecule has 0 bridgehead atoms. The molecule has 0 amide bonds. The van der Waals surface area contributed by atoms with Crippen molar-refractivity contribution in [2.24, 2.45) is 0 Å². The largest absolute Gasteiger partial charge is 0.466 e. The van der Waals surface area contributed by atoms with E-state index in [0.29, 0.717) is 17.6 Å². The van der Waals surface area contributed by atoms with Crippen LogP contribution in [0.25, 0.3) is 6.08 Å². The van der Waals surface area contributed by atoms with E-state index in [9.17, 15) is 9.18 Å². The fourth-order valence-corrected chi connectivity index (χ4v) is 1.59. The van der Waals surface area contributed by atoms with Crippen LogP contribution in [0.2, 0.25) is 0 Å². The molecule has 1 aromatic carbocycles. The average molecular weight is 192 g/mol. The van der Waals surface area contributed by atoms with Gasteiger partial charge in [-0.25, -0.2) is 9.18 Å². The van der Waals surface area contributed by atoms with E-state index in [1.54, 1.807) is 18.2 Å². The highest BCUT2D eigenvalue weighted by Crippen LogP contribution is 2.27. The summed E-state index contributed by atoms with van der Waals surface area (Å²) in [6, 6.07) is 4.81. The van der Waals surface area contributed by atoms with Gasteiger partial charge in [0, 0.05) is 12.0 Å². The maximum absolute atomic E-state index is 13.2. The van der Waals surface area contributed by atoms with E-state index in [4.69, 9.17) is 0 Å². The highest BCUT2D eigenvalue weighted by atomic mass is 19.1. The highest BCUT2D eigenvalue weighted by Gasteiger charge is 2.21. The summed E-state index contributed by atoms with van der Waals surface area (Å²) in [6.07, 6.45) is 2.00. The Morgan fingerprint density at radius 3 is 2.93 bits per heavy atom. The number of benzene rings is 1. The molecule has 14 heavy (non-hydrogen) atoms. The van der Waals surface area contributed by atoms with Crippen molar-refractivity contribution in [3.63, 3.8) is 0 Å². The van der Waals surface area contributed by atoms with E-state index in [0.717, 1.165) is 5.56 Å². The lowest BCUT2D eigenvalue weighted by molar-refractivity contribution is -0.136. The van der Waals surface area contributed by atoms with Crippen LogP contribution in [0, 0.1) is 5.82 Å². The van der Waals surface area contributed by atoms with Crippen LogP contribution in [0.3, 0.4) is 0 Å². The minimum atomic E-state index is -0.388. The van der Waals surface area contributed by atoms with E-state index in [2.05, 4.69) is 4.74 Å². The molecule has 0 atom stereocenters. The lowest BCUT2D eigenvalue weighted by atomic mass is 10.1. The lowest BCUT2D eigenvalue weighted by Crippen LogP contribution is -2.04. The Hall–Kier alpha value is -1.64. The molecule has 3 heteroatoms. The van der Waals surface area contributed by atoms with Crippen LogP contribution in [0.15, 0.2) is 23.8 Å². The van der Waals surface area contributed by atoms with Crippen molar-refractivity contribution in [1.29, 1.82) is 0 Å². The first-order chi connectivity index (χ1) is 6.72. The number of carbonyl (C=O) groups excluding carboxylic acids is 1. The zero-order chi connectivity index (χ0) is 10.1. The summed E-state index contributed by atoms with van der Waals surface area (Å²) in [7, 11) is 1.32. The van der Waals surface area contributed by atoms with Crippen molar-refractivity contribution in [2.75, 3.05) is 7.11 Å². The van der Waals surface area contributed by atoms with Crippen LogP contribution >= 0.6 is 0 Å². The van der Waals surface area contributed by atoms with E-state index in [-0.39, 0.29) is 11.8 Å². The molecule has 2 nitrogen and oxygen atoms in total. The van der Waals surface area contributed by atoms with Crippen LogP contribution in [0.4, 0.5) is 4.39 Å². The molecule has 0 unspecified atom stereocenters. The van der Waals surface area contributed by atoms with Crippen molar-refractivity contribution in [3.8, 4) is 0 Å². The molecule has 1 aromatic rings. The second-order valence-corrected chi connectivity index (χ2v) is 3.15. The monoisotopic (exact) mass is 192 g/mol. The molecular weight excluding hydrogens is 183 g/mol. The first-order valence-corrected chi connectivity index (χ1v) is 4.28. The van der Waals surface area contributed by atoms with Gasteiger partial charge in [0.2, 0.25) is 0 Å². The normalized spacial score (nSPS) is 13.4. The summed E-state index contributed by atoms with van der Waals surface area (Å²) in [5.74, 6) is -0.654. The van der Waals surface area contributed by atoms with Gasteiger partial charge < -0.3 is 4.74 Å². The van der Waals surface area contributed by atoms with Crippen LogP contribution in [-0.4, -0.2) is 13.1 Å². The second-order valence-electron chi connectivity index (χ2n) is 3.15. The molecule has 0 radical (unpaired) electrons. The van der Waals surface area contributed by atoms with Gasteiger partial charge in [0.1, 0.15) is 5.82 Å². The second kappa shape index (κ2) is 3.25. The van der Waals surface area contributed by atoms with Gasteiger partial charge in [-0.15, -0.1) is 0 Å². The molecular formula is C11H9FO2. The topological polar surface area (TPSA) is 26.3 Å². The molecule has 0 saturated carbocycles. The Morgan fingerprint density at radius 1 is 1.50 bits per heavy atom. The molecule has 0 aromatic heterocycles. The minimum absolute atomic E-state index is 0.266. The Balaban J connectivity index is 2.37. The number of ether oxygens (including phenoxy) is 1. The number of hydrogen-bond acceptors (Lipinski definition) is 2. The molecule has 0 N–H and O–H groups in total. The van der Waals surface area contributed by atoms with Crippen LogP contribution in [0.1, 0.15) is 11.1 Å². The Morgan fingerprint density at radius 2 is 2.29 bits per heavy atom. The van der Waals surface area contributed by atoms with Crippen molar-refractivity contribution >= 4 is 12.0 Å². The van der Waals surface area contributed by atoms with E-state index in [1.165, 1.54) is 13.2 Å². The fourth-order valence-electron chi connectivity index (χ4n) is 1.59. The first-order valence-electron chi connectivity index (χ1n) is 4.28. The zero-order valence-corrected chi connectivity index (χ0v) is 7.71. The number of carbonyl (C=O) groups is 1. The first kappa shape index (κ1) is 8.94. The maximum atomic E-state index is 13.2. The smallest absolute Gasteiger partial charge is 0.334 e. The van der Waals surface area contributed by atoms with Gasteiger partial charge in [-0.05, 0) is 23.3 Å². The number of halogens is 1. The quantitative estimate of drug-likeness (QED) is 0.635. The summed E-state index contributed by atoms with van der Waals surface area (Å²) >= 11 is 0. The Labute approximate surface area is 81.0 Å². The van der Waals surface area contributed by atoms with Crippen LogP contribution < -0.4 is 0 Å². The van der Waals surface area contributed by atoms with Gasteiger partial charge in [0.05, 0.1) is 7.11 Å². The number of fused-ring (bicyclic) bond motifs is 1. The Bertz CT molecular complexity index is 421. The lowest BCUT2D eigenvalue weighted by Gasteiger charge is -1.99. The van der Waals surface area contributed by atoms with Gasteiger partial charge in [-0.2, -0.15) is 0 Å². The Kier molecular flexibility index (Phi) is 2.08. The third-order valence-electron chi connectivity index (χ3n) is 2.30. The van der Waals surface area contributed by atoms with Crippen LogP contribution in [-0.2, 0) is 16.0 Å². The molecule has 2 rings (SSSR count). The third kappa shape index (κ3) is 1.31. The number of hydrogen-bond donors (Lipinski definition) is 0. The van der Waals surface area contributed by atoms with Crippen LogP contribution in [0.5, 0.6) is 0 Å². The summed E-state index contributed by atoms with van der Waals surface area (Å²) in [5.41, 5.74) is 1.85. The average Bonchev–Trinajstić information content (AvgIpc) is 2.62. The standard InChI is InChI=1S/C11H9FO2/c1-14-11(13)8-5-7-3-2-4-10(12)9(7)6-8/h2-5H,6H2,1H3. The predicted molar refractivity (Wildman–Crippen MR) is 50.1 cm³/mol. The number of esters is 1. The highest BCUT2D eigenvalue weighted by molar-refractivity contribution is 5.96. The molecule has 0 spiro atoms. The van der Waals surface area contributed by atoms with Crippen molar-refractivity contribution in [1.82, 2.24) is 0 Å². The molecule has 1 aliphatic carbocycles. The van der Waals surface area contributed by atoms with E-state index < -0.39 is 0 Å². The summed E-state index contributed by atoms with van der Waals surface area (Å²) in [4.78, 5) is 11.2. The molecule has 0 fully saturated rings. The van der Waals surface area contributed by atoms with E-state index >= 15 is 0 Å². The number of methoxy groups -OCH3 is 1. The SMILES string of the molecule is COC(=O)C1=Cc2cccc(F)c2C1. The maximum Gasteiger partial charge on any atom is 0.334 e. The van der Waals surface area contributed by atoms with Crippen molar-refractivity contribution in [2.45, 2.75) is 6.42 Å². The summed E-state index contributed by atoms with van der Waals surface area (Å²) in [6.45, 7) is 0. The third-order valence-corrected chi connectivity index (χ3v) is 2.30. The fraction of sp³-hybridized carbons (Fsp3) is 0.182. The van der Waals surface area contributed by atoms with Gasteiger partial charge in [0.15, 0.2) is 0 Å². The van der Waals surface area contributed by atoms with Gasteiger partial charge in [-0.3, -0.25) is 0 Å². The predicted octanol–water partition coefficient (Wildman–Crippen LogP) is 1.94. The molecule has 0 heterocycles. The van der Waals surface area contributed by atoms with Gasteiger partial charge in [0.25, 0.3) is 0 Å².